The van der Waals surface area contributed by atoms with Crippen LogP contribution < -0.4 is 0 Å². The van der Waals surface area contributed by atoms with Gasteiger partial charge in [0.1, 0.15) is 0 Å². The Morgan fingerprint density at radius 3 is 0.929 bits per heavy atom. The molecule has 0 radical (unpaired) electrons. The highest BCUT2D eigenvalue weighted by Crippen LogP contribution is 2.57. The van der Waals surface area contributed by atoms with Crippen molar-refractivity contribution >= 4 is 0 Å². The number of hydrogen-bond acceptors (Lipinski definition) is 0. The van der Waals surface area contributed by atoms with Crippen LogP contribution in [0.15, 0.2) is 23.3 Å². The summed E-state index contributed by atoms with van der Waals surface area (Å²) in [5.41, 5.74) is -5.60. The molecule has 0 heterocycles. The van der Waals surface area contributed by atoms with Crippen molar-refractivity contribution in [2.75, 3.05) is 0 Å². The summed E-state index contributed by atoms with van der Waals surface area (Å²) in [6.07, 6.45) is -17.3. The summed E-state index contributed by atoms with van der Waals surface area (Å²) in [7, 11) is 0. The van der Waals surface area contributed by atoms with Gasteiger partial charge in [0.15, 0.2) is 0 Å². The summed E-state index contributed by atoms with van der Waals surface area (Å²) in [6.45, 7) is 0. The van der Waals surface area contributed by atoms with Gasteiger partial charge in [-0.15, -0.1) is 0 Å². The first-order valence-corrected chi connectivity index (χ1v) is 7.25. The van der Waals surface area contributed by atoms with E-state index in [9.17, 15) is 61.5 Å². The Labute approximate surface area is 147 Å². The highest BCUT2D eigenvalue weighted by atomic mass is 19.4. The normalized spacial score (nSPS) is 18.9. The molecule has 14 heteroatoms. The van der Waals surface area contributed by atoms with Gasteiger partial charge in [0.05, 0.1) is 0 Å². The Hall–Kier alpha value is -1.50. The number of rotatable bonds is 4. The summed E-state index contributed by atoms with van der Waals surface area (Å²) in [5, 5.41) is 0. The molecule has 0 fully saturated rings. The van der Waals surface area contributed by atoms with E-state index >= 15 is 0 Å². The fraction of sp³-hybridized carbons (Fsp3) is 0.714. The van der Waals surface area contributed by atoms with Crippen molar-refractivity contribution < 1.29 is 61.5 Å². The lowest BCUT2D eigenvalue weighted by Gasteiger charge is -2.36. The first kappa shape index (κ1) is 24.5. The molecule has 0 aromatic heterocycles. The molecule has 0 unspecified atom stereocenters. The molecule has 28 heavy (non-hydrogen) atoms. The van der Waals surface area contributed by atoms with Gasteiger partial charge >= 0.3 is 36.0 Å². The number of halogens is 14. The van der Waals surface area contributed by atoms with Gasteiger partial charge in [0.25, 0.3) is 0 Å². The van der Waals surface area contributed by atoms with Crippen LogP contribution in [0.1, 0.15) is 25.7 Å². The van der Waals surface area contributed by atoms with E-state index in [-0.39, 0.29) is 0 Å². The minimum absolute atomic E-state index is 0.865. The van der Waals surface area contributed by atoms with Crippen LogP contribution in [0.25, 0.3) is 0 Å². The molecule has 0 amide bonds. The van der Waals surface area contributed by atoms with Crippen molar-refractivity contribution in [2.45, 2.75) is 61.7 Å². The Kier molecular flexibility index (Phi) is 6.20. The maximum atomic E-state index is 14.0. The summed E-state index contributed by atoms with van der Waals surface area (Å²) < 4.78 is 183. The van der Waals surface area contributed by atoms with Crippen molar-refractivity contribution in [1.82, 2.24) is 0 Å². The zero-order valence-corrected chi connectivity index (χ0v) is 13.3. The van der Waals surface area contributed by atoms with Gasteiger partial charge in [-0.25, -0.2) is 0 Å². The third-order valence-corrected chi connectivity index (χ3v) is 3.91. The van der Waals surface area contributed by atoms with Crippen molar-refractivity contribution in [3.05, 3.63) is 23.3 Å². The van der Waals surface area contributed by atoms with Crippen molar-refractivity contribution in [3.8, 4) is 0 Å². The predicted molar refractivity (Wildman–Crippen MR) is 66.5 cm³/mol. The fourth-order valence-electron chi connectivity index (χ4n) is 2.42. The number of alkyl halides is 14. The van der Waals surface area contributed by atoms with E-state index in [1.165, 1.54) is 0 Å². The van der Waals surface area contributed by atoms with E-state index in [0.717, 1.165) is 12.2 Å². The Morgan fingerprint density at radius 1 is 0.464 bits per heavy atom. The maximum absolute atomic E-state index is 14.0. The van der Waals surface area contributed by atoms with Crippen LogP contribution in [0.2, 0.25) is 0 Å². The van der Waals surface area contributed by atoms with E-state index in [1.807, 2.05) is 0 Å². The summed E-state index contributed by atoms with van der Waals surface area (Å²) in [6, 6.07) is 0. The molecular formula is C14H10F14. The van der Waals surface area contributed by atoms with Crippen LogP contribution in [0.3, 0.4) is 0 Å². The van der Waals surface area contributed by atoms with Crippen molar-refractivity contribution in [1.29, 1.82) is 0 Å². The third-order valence-electron chi connectivity index (χ3n) is 3.91. The van der Waals surface area contributed by atoms with E-state index in [4.69, 9.17) is 0 Å². The van der Waals surface area contributed by atoms with Gasteiger partial charge in [-0.3, -0.25) is 0 Å². The van der Waals surface area contributed by atoms with Crippen LogP contribution >= 0.6 is 0 Å². The first-order valence-electron chi connectivity index (χ1n) is 7.25. The van der Waals surface area contributed by atoms with E-state index in [2.05, 4.69) is 0 Å². The molecule has 0 bridgehead atoms. The number of hydrogen-bond donors (Lipinski definition) is 0. The second-order valence-electron chi connectivity index (χ2n) is 5.80. The first-order chi connectivity index (χ1) is 12.2. The molecule has 0 aromatic carbocycles. The van der Waals surface area contributed by atoms with Gasteiger partial charge in [0.2, 0.25) is 0 Å². The quantitative estimate of drug-likeness (QED) is 0.321. The second-order valence-corrected chi connectivity index (χ2v) is 5.80. The smallest absolute Gasteiger partial charge is 0.194 e. The van der Waals surface area contributed by atoms with Gasteiger partial charge < -0.3 is 0 Å². The number of allylic oxidation sites excluding steroid dienone is 4. The minimum atomic E-state index is -6.99. The SMILES string of the molecule is FC(F)(F)C(F)(F)C(F)(F)C1=C(C(F)(F)C(F)(F)C(F)(F)F)CCC=CCC1. The molecule has 0 aromatic rings. The van der Waals surface area contributed by atoms with Gasteiger partial charge in [-0.1, -0.05) is 12.2 Å². The fourth-order valence-corrected chi connectivity index (χ4v) is 2.42. The Bertz CT molecular complexity index is 577. The summed E-state index contributed by atoms with van der Waals surface area (Å²) in [5.74, 6) is -27.0. The van der Waals surface area contributed by atoms with Crippen LogP contribution in [-0.4, -0.2) is 36.0 Å². The maximum Gasteiger partial charge on any atom is 0.460 e. The lowest BCUT2D eigenvalue weighted by atomic mass is 9.84. The summed E-state index contributed by atoms with van der Waals surface area (Å²) >= 11 is 0. The highest BCUT2D eigenvalue weighted by molar-refractivity contribution is 5.34. The molecule has 0 saturated carbocycles. The predicted octanol–water partition coefficient (Wildman–Crippen LogP) is 7.08. The van der Waals surface area contributed by atoms with Gasteiger partial charge in [-0.05, 0) is 25.7 Å². The zero-order valence-electron chi connectivity index (χ0n) is 13.3. The highest BCUT2D eigenvalue weighted by Gasteiger charge is 2.78. The minimum Gasteiger partial charge on any atom is -0.194 e. The van der Waals surface area contributed by atoms with Crippen LogP contribution in [0.4, 0.5) is 61.5 Å². The second kappa shape index (κ2) is 7.08. The molecule has 1 aliphatic carbocycles. The molecule has 0 N–H and O–H groups in total. The average Bonchev–Trinajstić information content (AvgIpc) is 2.43. The molecule has 164 valence electrons. The Morgan fingerprint density at radius 2 is 0.714 bits per heavy atom. The van der Waals surface area contributed by atoms with Gasteiger partial charge in [-0.2, -0.15) is 61.5 Å². The van der Waals surface area contributed by atoms with Crippen molar-refractivity contribution in [3.63, 3.8) is 0 Å². The molecule has 1 rings (SSSR count). The lowest BCUT2D eigenvalue weighted by Crippen LogP contribution is -2.56. The molecule has 0 spiro atoms. The largest absolute Gasteiger partial charge is 0.460 e. The van der Waals surface area contributed by atoms with Crippen molar-refractivity contribution in [2.24, 2.45) is 0 Å². The van der Waals surface area contributed by atoms with Crippen LogP contribution in [0, 0.1) is 0 Å². The Balaban J connectivity index is 3.80. The van der Waals surface area contributed by atoms with Crippen LogP contribution in [-0.2, 0) is 0 Å². The summed E-state index contributed by atoms with van der Waals surface area (Å²) in [4.78, 5) is 0. The van der Waals surface area contributed by atoms with E-state index < -0.39 is 72.9 Å². The monoisotopic (exact) mass is 444 g/mol. The lowest BCUT2D eigenvalue weighted by molar-refractivity contribution is -0.351. The molecule has 0 atom stereocenters. The molecule has 0 aliphatic heterocycles. The molecular weight excluding hydrogens is 434 g/mol. The molecule has 0 saturated heterocycles. The average molecular weight is 444 g/mol. The zero-order chi connectivity index (χ0) is 22.4. The topological polar surface area (TPSA) is 0 Å². The molecule has 1 aliphatic rings. The van der Waals surface area contributed by atoms with Gasteiger partial charge in [0, 0.05) is 11.1 Å². The van der Waals surface area contributed by atoms with E-state index in [0.29, 0.717) is 0 Å². The standard InChI is InChI=1S/C14H10F14/c15-9(16,11(19,20)13(23,24)25)7-5-3-1-2-4-6-8(7)10(17,18)12(21,22)14(26,27)28/h1-2H,3-6H2. The van der Waals surface area contributed by atoms with Crippen LogP contribution in [0.5, 0.6) is 0 Å². The third kappa shape index (κ3) is 3.82. The molecule has 0 nitrogen and oxygen atoms in total. The van der Waals surface area contributed by atoms with E-state index in [1.54, 1.807) is 0 Å².